The summed E-state index contributed by atoms with van der Waals surface area (Å²) < 4.78 is 52.6. The molecule has 0 aliphatic carbocycles. The third-order valence-corrected chi connectivity index (χ3v) is 9.06. The Kier molecular flexibility index (Phi) is 6.83. The first-order chi connectivity index (χ1) is 17.0. The van der Waals surface area contributed by atoms with Crippen LogP contribution in [0.3, 0.4) is 0 Å². The summed E-state index contributed by atoms with van der Waals surface area (Å²) in [5.41, 5.74) is 1.27. The Bertz CT molecular complexity index is 1780. The van der Waals surface area contributed by atoms with Crippen molar-refractivity contribution in [3.8, 4) is 12.3 Å². The highest BCUT2D eigenvalue weighted by Crippen LogP contribution is 2.23. The summed E-state index contributed by atoms with van der Waals surface area (Å²) in [5.74, 6) is 1.88. The van der Waals surface area contributed by atoms with E-state index in [1.54, 1.807) is 41.0 Å². The molecular formula is C24H20N4O5S3. The van der Waals surface area contributed by atoms with Gasteiger partial charge in [-0.15, -0.1) is 6.42 Å². The number of anilines is 1. The van der Waals surface area contributed by atoms with E-state index in [0.717, 1.165) is 15.6 Å². The maximum absolute atomic E-state index is 13.0. The molecule has 4 aromatic rings. The Morgan fingerprint density at radius 1 is 1.03 bits per heavy atom. The number of hydrogen-bond acceptors (Lipinski definition) is 6. The molecule has 0 unspecified atom stereocenters. The van der Waals surface area contributed by atoms with Crippen LogP contribution in [-0.4, -0.2) is 34.4 Å². The molecule has 2 N–H and O–H groups in total. The number of rotatable bonds is 6. The predicted molar refractivity (Wildman–Crippen MR) is 138 cm³/mol. The summed E-state index contributed by atoms with van der Waals surface area (Å²) in [4.78, 5) is 17.3. The number of carbonyl (C=O) groups excluding carboxylic acids is 1. The average Bonchev–Trinajstić information content (AvgIpc) is 3.20. The summed E-state index contributed by atoms with van der Waals surface area (Å²) in [6, 6.07) is 18.4. The second-order valence-corrected chi connectivity index (χ2v) is 12.1. The summed E-state index contributed by atoms with van der Waals surface area (Å²) in [7, 11) is -6.29. The molecule has 0 fully saturated rings. The Hall–Kier alpha value is -3.76. The van der Waals surface area contributed by atoms with E-state index in [1.165, 1.54) is 43.4 Å². The number of thiazole rings is 1. The number of sulfonamides is 2. The van der Waals surface area contributed by atoms with Gasteiger partial charge in [0.2, 0.25) is 10.0 Å². The van der Waals surface area contributed by atoms with Gasteiger partial charge in [-0.05, 0) is 54.6 Å². The third kappa shape index (κ3) is 4.95. The van der Waals surface area contributed by atoms with E-state index in [1.807, 2.05) is 0 Å². The van der Waals surface area contributed by atoms with Gasteiger partial charge in [0.05, 0.1) is 32.2 Å². The zero-order valence-electron chi connectivity index (χ0n) is 18.9. The normalized spacial score (nSPS) is 12.4. The van der Waals surface area contributed by atoms with Crippen LogP contribution >= 0.6 is 11.3 Å². The van der Waals surface area contributed by atoms with Gasteiger partial charge in [-0.2, -0.15) is 4.99 Å². The van der Waals surface area contributed by atoms with Crippen LogP contribution < -0.4 is 14.2 Å². The molecule has 3 aromatic carbocycles. The average molecular weight is 541 g/mol. The van der Waals surface area contributed by atoms with Gasteiger partial charge in [-0.3, -0.25) is 9.10 Å². The van der Waals surface area contributed by atoms with Crippen LogP contribution in [0.15, 0.2) is 87.6 Å². The summed E-state index contributed by atoms with van der Waals surface area (Å²) in [5, 5.41) is 5.22. The van der Waals surface area contributed by atoms with Crippen molar-refractivity contribution >= 4 is 53.2 Å². The van der Waals surface area contributed by atoms with E-state index in [9.17, 15) is 21.6 Å². The molecule has 4 rings (SSSR count). The van der Waals surface area contributed by atoms with Crippen molar-refractivity contribution in [3.05, 3.63) is 83.2 Å². The van der Waals surface area contributed by atoms with Gasteiger partial charge in [0.25, 0.3) is 15.9 Å². The highest BCUT2D eigenvalue weighted by Gasteiger charge is 2.21. The minimum Gasteiger partial charge on any atom is -0.305 e. The lowest BCUT2D eigenvalue weighted by molar-refractivity contribution is 0.0997. The van der Waals surface area contributed by atoms with E-state index in [2.05, 4.69) is 10.9 Å². The number of benzene rings is 3. The second-order valence-electron chi connectivity index (χ2n) is 7.60. The maximum Gasteiger partial charge on any atom is 0.279 e. The largest absolute Gasteiger partial charge is 0.305 e. The highest BCUT2D eigenvalue weighted by molar-refractivity contribution is 7.92. The van der Waals surface area contributed by atoms with E-state index >= 15 is 0 Å². The Morgan fingerprint density at radius 3 is 2.28 bits per heavy atom. The van der Waals surface area contributed by atoms with Crippen LogP contribution in [0.5, 0.6) is 0 Å². The number of carbonyl (C=O) groups is 1. The van der Waals surface area contributed by atoms with Gasteiger partial charge in [-0.1, -0.05) is 35.5 Å². The van der Waals surface area contributed by atoms with Crippen LogP contribution in [0.4, 0.5) is 5.69 Å². The van der Waals surface area contributed by atoms with Gasteiger partial charge in [0.1, 0.15) is 0 Å². The first-order valence-electron chi connectivity index (χ1n) is 10.3. The molecule has 0 saturated heterocycles. The molecule has 0 aliphatic heterocycles. The molecule has 0 aliphatic rings. The molecular weight excluding hydrogens is 520 g/mol. The number of para-hydroxylation sites is 1. The Morgan fingerprint density at radius 2 is 1.67 bits per heavy atom. The molecule has 0 atom stereocenters. The van der Waals surface area contributed by atoms with Crippen LogP contribution in [-0.2, 0) is 26.6 Å². The monoisotopic (exact) mass is 540 g/mol. The van der Waals surface area contributed by atoms with Crippen LogP contribution in [0.1, 0.15) is 10.4 Å². The predicted octanol–water partition coefficient (Wildman–Crippen LogP) is 2.55. The number of terminal acetylenes is 1. The van der Waals surface area contributed by atoms with Crippen LogP contribution in [0, 0.1) is 12.3 Å². The maximum atomic E-state index is 13.0. The molecule has 0 spiro atoms. The number of nitrogens with two attached hydrogens (primary N) is 1. The van der Waals surface area contributed by atoms with Gasteiger partial charge in [0.15, 0.2) is 4.80 Å². The van der Waals surface area contributed by atoms with E-state index in [-0.39, 0.29) is 26.7 Å². The fourth-order valence-electron chi connectivity index (χ4n) is 3.42. The van der Waals surface area contributed by atoms with Crippen molar-refractivity contribution in [2.75, 3.05) is 11.4 Å². The van der Waals surface area contributed by atoms with Gasteiger partial charge >= 0.3 is 0 Å². The Labute approximate surface area is 212 Å². The Balaban J connectivity index is 1.69. The number of hydrogen-bond donors (Lipinski definition) is 1. The quantitative estimate of drug-likeness (QED) is 0.376. The fraction of sp³-hybridized carbons (Fsp3) is 0.0833. The smallest absolute Gasteiger partial charge is 0.279 e. The van der Waals surface area contributed by atoms with Crippen molar-refractivity contribution in [2.45, 2.75) is 16.3 Å². The van der Waals surface area contributed by atoms with Crippen molar-refractivity contribution in [3.63, 3.8) is 0 Å². The third-order valence-electron chi connectivity index (χ3n) is 5.31. The van der Waals surface area contributed by atoms with Gasteiger partial charge < -0.3 is 4.57 Å². The topological polar surface area (TPSA) is 132 Å². The molecule has 9 nitrogen and oxygen atoms in total. The molecule has 1 aromatic heterocycles. The van der Waals surface area contributed by atoms with Gasteiger partial charge in [-0.25, -0.2) is 22.0 Å². The molecule has 1 amide bonds. The number of primary sulfonamides is 1. The standard InChI is InChI=1S/C24H20N4O5S3/c1-3-15-28-21-14-13-20(35(25,30)31)16-22(21)34-24(28)26-23(29)17-9-11-19(12-10-17)36(32,33)27(2)18-7-5-4-6-8-18/h1,4-14,16H,15H2,2H3,(H2,25,30,31). The molecule has 184 valence electrons. The molecule has 0 saturated carbocycles. The summed E-state index contributed by atoms with van der Waals surface area (Å²) in [6.45, 7) is 0.101. The number of fused-ring (bicyclic) bond motifs is 1. The first kappa shape index (κ1) is 25.3. The van der Waals surface area contributed by atoms with Crippen LogP contribution in [0.2, 0.25) is 0 Å². The lowest BCUT2D eigenvalue weighted by Gasteiger charge is -2.19. The SMILES string of the molecule is C#CCn1c(=NC(=O)c2ccc(S(=O)(=O)N(C)c3ccccc3)cc2)sc2cc(S(N)(=O)=O)ccc21. The molecule has 0 radical (unpaired) electrons. The first-order valence-corrected chi connectivity index (χ1v) is 14.2. The zero-order valence-corrected chi connectivity index (χ0v) is 21.3. The van der Waals surface area contributed by atoms with Crippen molar-refractivity contribution < 1.29 is 21.6 Å². The summed E-state index contributed by atoms with van der Waals surface area (Å²) in [6.07, 6.45) is 5.47. The zero-order chi connectivity index (χ0) is 26.1. The minimum absolute atomic E-state index is 0.0187. The molecule has 1 heterocycles. The fourth-order valence-corrected chi connectivity index (χ4v) is 6.29. The van der Waals surface area contributed by atoms with Crippen molar-refractivity contribution in [1.82, 2.24) is 4.57 Å². The minimum atomic E-state index is -3.91. The van der Waals surface area contributed by atoms with Crippen molar-refractivity contribution in [2.24, 2.45) is 10.1 Å². The van der Waals surface area contributed by atoms with Crippen molar-refractivity contribution in [1.29, 1.82) is 0 Å². The van der Waals surface area contributed by atoms with Gasteiger partial charge in [0, 0.05) is 12.6 Å². The lowest BCUT2D eigenvalue weighted by Crippen LogP contribution is -2.26. The number of amides is 1. The lowest BCUT2D eigenvalue weighted by atomic mass is 10.2. The highest BCUT2D eigenvalue weighted by atomic mass is 32.2. The number of nitrogens with zero attached hydrogens (tertiary/aromatic N) is 3. The number of aromatic nitrogens is 1. The van der Waals surface area contributed by atoms with E-state index < -0.39 is 26.0 Å². The second kappa shape index (κ2) is 9.71. The molecule has 36 heavy (non-hydrogen) atoms. The van der Waals surface area contributed by atoms with E-state index in [4.69, 9.17) is 11.6 Å². The molecule has 12 heteroatoms. The molecule has 0 bridgehead atoms. The van der Waals surface area contributed by atoms with Crippen LogP contribution in [0.25, 0.3) is 10.2 Å². The summed E-state index contributed by atoms with van der Waals surface area (Å²) >= 11 is 1.08. The van der Waals surface area contributed by atoms with E-state index in [0.29, 0.717) is 15.9 Å².